The van der Waals surface area contributed by atoms with Gasteiger partial charge in [0.25, 0.3) is 0 Å². The lowest BCUT2D eigenvalue weighted by Crippen LogP contribution is -2.15. The van der Waals surface area contributed by atoms with Gasteiger partial charge in [-0.15, -0.1) is 0 Å². The number of para-hydroxylation sites is 1. The van der Waals surface area contributed by atoms with E-state index in [1.807, 2.05) is 25.1 Å². The highest BCUT2D eigenvalue weighted by Gasteiger charge is 2.28. The van der Waals surface area contributed by atoms with E-state index in [2.05, 4.69) is 16.2 Å². The molecule has 0 radical (unpaired) electrons. The fourth-order valence-corrected chi connectivity index (χ4v) is 2.18. The number of aryl methyl sites for hydroxylation is 1. The Morgan fingerprint density at radius 3 is 3.05 bits per heavy atom. The molecule has 0 saturated carbocycles. The van der Waals surface area contributed by atoms with Crippen molar-refractivity contribution in [2.24, 2.45) is 5.73 Å². The fraction of sp³-hybridized carbons (Fsp3) is 0.429. The van der Waals surface area contributed by atoms with Gasteiger partial charge in [0.15, 0.2) is 6.10 Å². The van der Waals surface area contributed by atoms with E-state index in [-0.39, 0.29) is 12.1 Å². The number of hydrogen-bond acceptors (Lipinski definition) is 5. The first-order chi connectivity index (χ1) is 9.22. The second-order valence-electron chi connectivity index (χ2n) is 4.98. The lowest BCUT2D eigenvalue weighted by Gasteiger charge is -2.04. The summed E-state index contributed by atoms with van der Waals surface area (Å²) in [5.74, 6) is 2.16. The van der Waals surface area contributed by atoms with Crippen molar-refractivity contribution in [1.82, 2.24) is 10.1 Å². The van der Waals surface area contributed by atoms with Gasteiger partial charge in [-0.05, 0) is 25.0 Å². The quantitative estimate of drug-likeness (QED) is 0.909. The topological polar surface area (TPSA) is 74.2 Å². The molecule has 5 heteroatoms. The Hall–Kier alpha value is -1.88. The van der Waals surface area contributed by atoms with E-state index in [1.165, 1.54) is 5.56 Å². The van der Waals surface area contributed by atoms with E-state index in [0.29, 0.717) is 18.1 Å². The van der Waals surface area contributed by atoms with Crippen LogP contribution in [0.4, 0.5) is 0 Å². The number of nitrogens with two attached hydrogens (primary N) is 1. The second-order valence-corrected chi connectivity index (χ2v) is 4.98. The summed E-state index contributed by atoms with van der Waals surface area (Å²) in [5, 5.41) is 4.01. The normalized spacial score (nSPS) is 18.9. The van der Waals surface area contributed by atoms with Crippen LogP contribution in [0.2, 0.25) is 0 Å². The maximum atomic E-state index is 5.82. The third kappa shape index (κ3) is 2.61. The Balaban J connectivity index is 1.68. The van der Waals surface area contributed by atoms with Gasteiger partial charge in [-0.25, -0.2) is 0 Å². The Bertz CT molecular complexity index is 540. The number of nitrogens with zero attached hydrogens (tertiary/aromatic N) is 2. The molecular formula is C14H17N3O2. The molecule has 19 heavy (non-hydrogen) atoms. The van der Waals surface area contributed by atoms with Gasteiger partial charge < -0.3 is 15.0 Å². The Morgan fingerprint density at radius 2 is 2.26 bits per heavy atom. The van der Waals surface area contributed by atoms with E-state index in [0.717, 1.165) is 18.6 Å². The number of ether oxygens (including phenoxy) is 1. The molecule has 2 N–H and O–H groups in total. The minimum Gasteiger partial charge on any atom is -0.482 e. The third-order valence-corrected chi connectivity index (χ3v) is 3.23. The van der Waals surface area contributed by atoms with Crippen LogP contribution in [0.15, 0.2) is 28.8 Å². The highest BCUT2D eigenvalue weighted by Crippen LogP contribution is 2.35. The van der Waals surface area contributed by atoms with Crippen LogP contribution in [0.3, 0.4) is 0 Å². The van der Waals surface area contributed by atoms with Crippen molar-refractivity contribution >= 4 is 0 Å². The summed E-state index contributed by atoms with van der Waals surface area (Å²) in [6, 6.07) is 8.14. The average Bonchev–Trinajstić information content (AvgIpc) is 3.02. The summed E-state index contributed by atoms with van der Waals surface area (Å²) in [7, 11) is 0. The summed E-state index contributed by atoms with van der Waals surface area (Å²) in [5.41, 5.74) is 6.90. The molecule has 0 fully saturated rings. The average molecular weight is 259 g/mol. The molecule has 2 atom stereocenters. The molecule has 1 aromatic heterocycles. The molecule has 0 amide bonds. The number of fused-ring (bicyclic) bond motifs is 1. The zero-order chi connectivity index (χ0) is 13.2. The summed E-state index contributed by atoms with van der Waals surface area (Å²) in [4.78, 5) is 4.39. The molecular weight excluding hydrogens is 242 g/mol. The van der Waals surface area contributed by atoms with Gasteiger partial charge in [0.2, 0.25) is 11.7 Å². The molecule has 1 aliphatic heterocycles. The van der Waals surface area contributed by atoms with Crippen LogP contribution >= 0.6 is 0 Å². The lowest BCUT2D eigenvalue weighted by atomic mass is 10.1. The molecule has 0 spiro atoms. The molecule has 3 rings (SSSR count). The molecule has 0 aliphatic carbocycles. The van der Waals surface area contributed by atoms with Crippen molar-refractivity contribution in [2.45, 2.75) is 38.3 Å². The Morgan fingerprint density at radius 1 is 1.42 bits per heavy atom. The van der Waals surface area contributed by atoms with Crippen molar-refractivity contribution in [3.8, 4) is 5.75 Å². The van der Waals surface area contributed by atoms with Crippen molar-refractivity contribution < 1.29 is 9.26 Å². The minimum absolute atomic E-state index is 0.134. The zero-order valence-corrected chi connectivity index (χ0v) is 10.9. The third-order valence-electron chi connectivity index (χ3n) is 3.23. The molecule has 2 heterocycles. The SMILES string of the molecule is CC(N)CCc1nc(C2Cc3ccccc3O2)no1. The Kier molecular flexibility index (Phi) is 3.21. The number of aromatic nitrogens is 2. The van der Waals surface area contributed by atoms with Crippen LogP contribution in [-0.2, 0) is 12.8 Å². The zero-order valence-electron chi connectivity index (χ0n) is 10.9. The van der Waals surface area contributed by atoms with Crippen LogP contribution < -0.4 is 10.5 Å². The Labute approximate surface area is 111 Å². The first-order valence-corrected chi connectivity index (χ1v) is 6.55. The summed E-state index contributed by atoms with van der Waals surface area (Å²) in [6.07, 6.45) is 2.21. The van der Waals surface area contributed by atoms with Crippen LogP contribution in [0.1, 0.15) is 36.7 Å². The van der Waals surface area contributed by atoms with Gasteiger partial charge in [0.1, 0.15) is 5.75 Å². The number of benzene rings is 1. The van der Waals surface area contributed by atoms with Gasteiger partial charge >= 0.3 is 0 Å². The smallest absolute Gasteiger partial charge is 0.226 e. The van der Waals surface area contributed by atoms with Crippen LogP contribution in [0, 0.1) is 0 Å². The van der Waals surface area contributed by atoms with Crippen molar-refractivity contribution in [3.63, 3.8) is 0 Å². The van der Waals surface area contributed by atoms with E-state index in [4.69, 9.17) is 15.0 Å². The molecule has 0 bridgehead atoms. The van der Waals surface area contributed by atoms with E-state index in [9.17, 15) is 0 Å². The standard InChI is InChI=1S/C14H17N3O2/c1-9(15)6-7-13-16-14(17-19-13)12-8-10-4-2-3-5-11(10)18-12/h2-5,9,12H,6-8,15H2,1H3. The van der Waals surface area contributed by atoms with Crippen LogP contribution in [0.25, 0.3) is 0 Å². The first kappa shape index (κ1) is 12.2. The van der Waals surface area contributed by atoms with E-state index >= 15 is 0 Å². The second kappa shape index (κ2) is 5.01. The molecule has 2 aromatic rings. The molecule has 1 aromatic carbocycles. The fourth-order valence-electron chi connectivity index (χ4n) is 2.18. The van der Waals surface area contributed by atoms with Crippen molar-refractivity contribution in [1.29, 1.82) is 0 Å². The monoisotopic (exact) mass is 259 g/mol. The van der Waals surface area contributed by atoms with Gasteiger partial charge in [-0.1, -0.05) is 23.4 Å². The summed E-state index contributed by atoms with van der Waals surface area (Å²) < 4.78 is 11.1. The molecule has 100 valence electrons. The van der Waals surface area contributed by atoms with Crippen LogP contribution in [-0.4, -0.2) is 16.2 Å². The summed E-state index contributed by atoms with van der Waals surface area (Å²) >= 11 is 0. The molecule has 2 unspecified atom stereocenters. The maximum absolute atomic E-state index is 5.82. The predicted molar refractivity (Wildman–Crippen MR) is 69.8 cm³/mol. The largest absolute Gasteiger partial charge is 0.482 e. The maximum Gasteiger partial charge on any atom is 0.226 e. The van der Waals surface area contributed by atoms with Crippen molar-refractivity contribution in [3.05, 3.63) is 41.5 Å². The minimum atomic E-state index is -0.134. The van der Waals surface area contributed by atoms with E-state index in [1.54, 1.807) is 0 Å². The highest BCUT2D eigenvalue weighted by atomic mass is 16.5. The van der Waals surface area contributed by atoms with Gasteiger partial charge in [-0.2, -0.15) is 4.98 Å². The number of rotatable bonds is 4. The summed E-state index contributed by atoms with van der Waals surface area (Å²) in [6.45, 7) is 1.97. The van der Waals surface area contributed by atoms with Gasteiger partial charge in [0, 0.05) is 18.9 Å². The predicted octanol–water partition coefficient (Wildman–Crippen LogP) is 2.03. The van der Waals surface area contributed by atoms with Crippen molar-refractivity contribution in [2.75, 3.05) is 0 Å². The molecule has 0 saturated heterocycles. The molecule has 5 nitrogen and oxygen atoms in total. The van der Waals surface area contributed by atoms with Gasteiger partial charge in [0.05, 0.1) is 0 Å². The lowest BCUT2D eigenvalue weighted by molar-refractivity contribution is 0.221. The van der Waals surface area contributed by atoms with Crippen LogP contribution in [0.5, 0.6) is 5.75 Å². The highest BCUT2D eigenvalue weighted by molar-refractivity contribution is 5.37. The van der Waals surface area contributed by atoms with Gasteiger partial charge in [-0.3, -0.25) is 0 Å². The first-order valence-electron chi connectivity index (χ1n) is 6.55. The number of hydrogen-bond donors (Lipinski definition) is 1. The molecule has 1 aliphatic rings. The van der Waals surface area contributed by atoms with E-state index < -0.39 is 0 Å².